The van der Waals surface area contributed by atoms with Crippen LogP contribution in [0.25, 0.3) is 0 Å². The maximum Gasteiger partial charge on any atom is 0.261 e. The van der Waals surface area contributed by atoms with Crippen LogP contribution in [0.1, 0.15) is 28.6 Å². The fourth-order valence-electron chi connectivity index (χ4n) is 2.60. The number of primary amides is 1. The lowest BCUT2D eigenvalue weighted by atomic mass is 10.2. The number of nitrogens with zero attached hydrogens (tertiary/aromatic N) is 3. The average Bonchev–Trinajstić information content (AvgIpc) is 2.61. The van der Waals surface area contributed by atoms with Crippen LogP contribution in [0.2, 0.25) is 0 Å². The quantitative estimate of drug-likeness (QED) is 0.841. The molecule has 20 heavy (non-hydrogen) atoms. The van der Waals surface area contributed by atoms with Gasteiger partial charge in [-0.15, -0.1) is 11.3 Å². The number of hydrogen-bond donors (Lipinski definition) is 2. The summed E-state index contributed by atoms with van der Waals surface area (Å²) in [6.07, 6.45) is 1.01. The minimum absolute atomic E-state index is 0.213. The van der Waals surface area contributed by atoms with Crippen molar-refractivity contribution in [1.82, 2.24) is 4.90 Å². The van der Waals surface area contributed by atoms with Crippen molar-refractivity contribution < 1.29 is 4.79 Å². The van der Waals surface area contributed by atoms with Crippen LogP contribution >= 0.6 is 11.3 Å². The molecule has 0 saturated carbocycles. The first-order chi connectivity index (χ1) is 9.45. The number of anilines is 2. The zero-order valence-electron chi connectivity index (χ0n) is 11.7. The molecule has 0 radical (unpaired) electrons. The van der Waals surface area contributed by atoms with Crippen LogP contribution in [-0.2, 0) is 0 Å². The van der Waals surface area contributed by atoms with Gasteiger partial charge in [0, 0.05) is 19.1 Å². The Labute approximate surface area is 122 Å². The third-order valence-electron chi connectivity index (χ3n) is 3.57. The molecule has 2 rings (SSSR count). The van der Waals surface area contributed by atoms with E-state index >= 15 is 0 Å². The van der Waals surface area contributed by atoms with E-state index in [-0.39, 0.29) is 16.6 Å². The van der Waals surface area contributed by atoms with Gasteiger partial charge in [0.05, 0.1) is 5.69 Å². The molecule has 1 atom stereocenters. The van der Waals surface area contributed by atoms with E-state index in [1.54, 1.807) is 0 Å². The van der Waals surface area contributed by atoms with Crippen molar-refractivity contribution in [2.45, 2.75) is 19.4 Å². The van der Waals surface area contributed by atoms with E-state index in [0.717, 1.165) is 31.1 Å². The van der Waals surface area contributed by atoms with Gasteiger partial charge in [0.1, 0.15) is 21.5 Å². The van der Waals surface area contributed by atoms with Crippen LogP contribution < -0.4 is 16.4 Å². The Morgan fingerprint density at radius 2 is 2.20 bits per heavy atom. The number of rotatable bonds is 2. The second-order valence-electron chi connectivity index (χ2n) is 5.16. The Morgan fingerprint density at radius 3 is 2.80 bits per heavy atom. The highest BCUT2D eigenvalue weighted by atomic mass is 32.1. The van der Waals surface area contributed by atoms with Gasteiger partial charge in [-0.05, 0) is 26.9 Å². The van der Waals surface area contributed by atoms with E-state index in [1.807, 2.05) is 0 Å². The summed E-state index contributed by atoms with van der Waals surface area (Å²) < 4.78 is 0. The Balaban J connectivity index is 2.44. The highest BCUT2D eigenvalue weighted by molar-refractivity contribution is 7.19. The summed E-state index contributed by atoms with van der Waals surface area (Å²) in [6, 6.07) is 2.37. The molecule has 0 spiro atoms. The van der Waals surface area contributed by atoms with Crippen molar-refractivity contribution in [3.63, 3.8) is 0 Å². The van der Waals surface area contributed by atoms with Crippen LogP contribution in [0.15, 0.2) is 0 Å². The van der Waals surface area contributed by atoms with Crippen LogP contribution in [0.3, 0.4) is 0 Å². The van der Waals surface area contributed by atoms with E-state index < -0.39 is 5.91 Å². The molecule has 1 saturated heterocycles. The Kier molecular flexibility index (Phi) is 4.16. The Bertz CT molecular complexity index is 562. The number of likely N-dealkylation sites (N-methyl/N-ethyl adjacent to an activating group) is 1. The normalized spacial score (nSPS) is 20.4. The van der Waals surface area contributed by atoms with Gasteiger partial charge in [0.15, 0.2) is 0 Å². The maximum absolute atomic E-state index is 11.4. The Morgan fingerprint density at radius 1 is 1.50 bits per heavy atom. The fourth-order valence-corrected chi connectivity index (χ4v) is 3.75. The number of nitrogen functional groups attached to an aromatic ring is 1. The smallest absolute Gasteiger partial charge is 0.261 e. The van der Waals surface area contributed by atoms with Crippen molar-refractivity contribution in [3.8, 4) is 6.07 Å². The van der Waals surface area contributed by atoms with E-state index in [0.29, 0.717) is 5.56 Å². The number of amides is 1. The average molecular weight is 293 g/mol. The summed E-state index contributed by atoms with van der Waals surface area (Å²) in [6.45, 7) is 4.89. The number of hydrogen-bond acceptors (Lipinski definition) is 6. The molecule has 0 aliphatic carbocycles. The molecule has 1 aliphatic rings. The molecule has 0 aromatic carbocycles. The lowest BCUT2D eigenvalue weighted by Crippen LogP contribution is -2.37. The number of carbonyl (C=O) groups excluding carboxylic acids is 1. The molecule has 1 amide bonds. The van der Waals surface area contributed by atoms with Gasteiger partial charge < -0.3 is 21.3 Å². The molecule has 0 bridgehead atoms. The topological polar surface area (TPSA) is 99.4 Å². The molecule has 7 heteroatoms. The number of carbonyl (C=O) groups is 1. The van der Waals surface area contributed by atoms with Crippen LogP contribution in [0.5, 0.6) is 0 Å². The van der Waals surface area contributed by atoms with Gasteiger partial charge in [0.2, 0.25) is 0 Å². The molecular formula is C13H19N5OS. The summed E-state index contributed by atoms with van der Waals surface area (Å²) >= 11 is 1.22. The van der Waals surface area contributed by atoms with E-state index in [1.165, 1.54) is 11.3 Å². The van der Waals surface area contributed by atoms with Crippen molar-refractivity contribution in [3.05, 3.63) is 10.4 Å². The minimum Gasteiger partial charge on any atom is -0.396 e. The maximum atomic E-state index is 11.4. The monoisotopic (exact) mass is 293 g/mol. The van der Waals surface area contributed by atoms with Crippen LogP contribution in [-0.4, -0.2) is 43.5 Å². The summed E-state index contributed by atoms with van der Waals surface area (Å²) in [5, 5.41) is 10.1. The van der Waals surface area contributed by atoms with Crippen LogP contribution in [0.4, 0.5) is 10.7 Å². The molecule has 2 heterocycles. The minimum atomic E-state index is -0.574. The third-order valence-corrected chi connectivity index (χ3v) is 4.83. The molecule has 108 valence electrons. The molecular weight excluding hydrogens is 274 g/mol. The lowest BCUT2D eigenvalue weighted by molar-refractivity contribution is 0.100. The number of nitrogens with two attached hydrogens (primary N) is 2. The predicted octanol–water partition coefficient (Wildman–Crippen LogP) is 0.831. The molecule has 6 nitrogen and oxygen atoms in total. The van der Waals surface area contributed by atoms with Gasteiger partial charge in [-0.3, -0.25) is 4.79 Å². The highest BCUT2D eigenvalue weighted by Crippen LogP contribution is 2.38. The fraction of sp³-hybridized carbons (Fsp3) is 0.538. The molecule has 1 unspecified atom stereocenters. The van der Waals surface area contributed by atoms with Crippen molar-refractivity contribution in [1.29, 1.82) is 5.26 Å². The first-order valence-electron chi connectivity index (χ1n) is 6.53. The molecule has 1 aromatic rings. The van der Waals surface area contributed by atoms with Crippen LogP contribution in [0, 0.1) is 11.3 Å². The number of thiophene rings is 1. The van der Waals surface area contributed by atoms with Gasteiger partial charge in [0.25, 0.3) is 5.91 Å². The largest absolute Gasteiger partial charge is 0.396 e. The summed E-state index contributed by atoms with van der Waals surface area (Å²) in [7, 11) is 2.09. The van der Waals surface area contributed by atoms with Crippen molar-refractivity contribution >= 4 is 27.9 Å². The SMILES string of the molecule is CC1CN(C)CCCN1c1sc(C(N)=O)c(N)c1C#N. The first-order valence-corrected chi connectivity index (χ1v) is 7.34. The van der Waals surface area contributed by atoms with Crippen molar-refractivity contribution in [2.24, 2.45) is 5.73 Å². The van der Waals surface area contributed by atoms with E-state index in [2.05, 4.69) is 29.8 Å². The molecule has 4 N–H and O–H groups in total. The van der Waals surface area contributed by atoms with E-state index in [9.17, 15) is 10.1 Å². The second kappa shape index (κ2) is 5.69. The predicted molar refractivity (Wildman–Crippen MR) is 80.9 cm³/mol. The van der Waals surface area contributed by atoms with Gasteiger partial charge >= 0.3 is 0 Å². The summed E-state index contributed by atoms with van der Waals surface area (Å²) in [5.41, 5.74) is 11.8. The zero-order chi connectivity index (χ0) is 14.9. The second-order valence-corrected chi connectivity index (χ2v) is 6.16. The molecule has 1 aromatic heterocycles. The summed E-state index contributed by atoms with van der Waals surface area (Å²) in [5.74, 6) is -0.574. The zero-order valence-corrected chi connectivity index (χ0v) is 12.5. The van der Waals surface area contributed by atoms with Crippen molar-refractivity contribution in [2.75, 3.05) is 37.3 Å². The van der Waals surface area contributed by atoms with Gasteiger partial charge in [-0.1, -0.05) is 0 Å². The first kappa shape index (κ1) is 14.6. The number of nitriles is 1. The van der Waals surface area contributed by atoms with Gasteiger partial charge in [-0.2, -0.15) is 5.26 Å². The molecule has 1 fully saturated rings. The molecule has 1 aliphatic heterocycles. The third kappa shape index (κ3) is 2.57. The standard InChI is InChI=1S/C13H19N5OS/c1-8-7-17(2)4-3-5-18(8)13-9(6-14)10(15)11(20-13)12(16)19/h8H,3-5,7,15H2,1-2H3,(H2,16,19). The Hall–Kier alpha value is -1.78. The van der Waals surface area contributed by atoms with E-state index in [4.69, 9.17) is 11.5 Å². The highest BCUT2D eigenvalue weighted by Gasteiger charge is 2.27. The summed E-state index contributed by atoms with van der Waals surface area (Å²) in [4.78, 5) is 16.1. The van der Waals surface area contributed by atoms with Gasteiger partial charge in [-0.25, -0.2) is 0 Å². The lowest BCUT2D eigenvalue weighted by Gasteiger charge is -2.29.